The normalized spacial score (nSPS) is 14.9. The van der Waals surface area contributed by atoms with Gasteiger partial charge >= 0.3 is 0 Å². The number of nitrogens with zero attached hydrogens (tertiary/aromatic N) is 2. The highest BCUT2D eigenvalue weighted by Gasteiger charge is 2.16. The van der Waals surface area contributed by atoms with E-state index in [-0.39, 0.29) is 6.04 Å². The zero-order chi connectivity index (χ0) is 14.1. The van der Waals surface area contributed by atoms with Crippen LogP contribution in [0.4, 0.5) is 5.69 Å². The maximum absolute atomic E-state index is 5.61. The van der Waals surface area contributed by atoms with Crippen LogP contribution >= 0.6 is 15.9 Å². The Morgan fingerprint density at radius 3 is 2.65 bits per heavy atom. The number of benzene rings is 1. The van der Waals surface area contributed by atoms with Crippen LogP contribution in [-0.2, 0) is 7.05 Å². The van der Waals surface area contributed by atoms with Gasteiger partial charge in [-0.05, 0) is 22.9 Å². The predicted molar refractivity (Wildman–Crippen MR) is 80.4 cm³/mol. The van der Waals surface area contributed by atoms with Crippen LogP contribution in [0.3, 0.4) is 0 Å². The first-order valence-electron chi connectivity index (χ1n) is 6.47. The molecular weight excluding hydrogens is 322 g/mol. The molecule has 5 nitrogen and oxygen atoms in total. The van der Waals surface area contributed by atoms with Gasteiger partial charge in [0, 0.05) is 35.4 Å². The smallest absolute Gasteiger partial charge is 0.163 e. The van der Waals surface area contributed by atoms with Gasteiger partial charge in [0.1, 0.15) is 13.2 Å². The Kier molecular flexibility index (Phi) is 3.56. The molecule has 20 heavy (non-hydrogen) atoms. The third-order valence-electron chi connectivity index (χ3n) is 3.23. The van der Waals surface area contributed by atoms with Crippen LogP contribution in [0.25, 0.3) is 0 Å². The highest BCUT2D eigenvalue weighted by Crippen LogP contribution is 2.39. The number of ether oxygens (including phenoxy) is 2. The molecule has 1 aliphatic heterocycles. The Hall–Kier alpha value is -1.69. The van der Waals surface area contributed by atoms with Crippen molar-refractivity contribution in [1.82, 2.24) is 9.78 Å². The zero-order valence-electron chi connectivity index (χ0n) is 11.4. The van der Waals surface area contributed by atoms with E-state index in [1.807, 2.05) is 31.6 Å². The molecule has 1 aromatic carbocycles. The lowest BCUT2D eigenvalue weighted by Gasteiger charge is -2.21. The number of rotatable bonds is 3. The molecule has 2 aromatic rings. The van der Waals surface area contributed by atoms with Gasteiger partial charge in [-0.15, -0.1) is 0 Å². The first-order valence-corrected chi connectivity index (χ1v) is 7.27. The third kappa shape index (κ3) is 2.60. The number of hydrogen-bond acceptors (Lipinski definition) is 4. The standard InChI is InChI=1S/C14H16BrN3O2/c1-9(10-7-16-18(2)8-10)17-12-6-14-13(5-11(12)15)19-3-4-20-14/h5-9,17H,3-4H2,1-2H3. The quantitative estimate of drug-likeness (QED) is 0.934. The third-order valence-corrected chi connectivity index (χ3v) is 3.88. The molecule has 0 amide bonds. The van der Waals surface area contributed by atoms with Gasteiger partial charge in [0.2, 0.25) is 0 Å². The van der Waals surface area contributed by atoms with Crippen LogP contribution in [0.2, 0.25) is 0 Å². The maximum Gasteiger partial charge on any atom is 0.163 e. The minimum atomic E-state index is 0.155. The number of nitrogens with one attached hydrogen (secondary N) is 1. The minimum Gasteiger partial charge on any atom is -0.486 e. The molecule has 0 radical (unpaired) electrons. The number of fused-ring (bicyclic) bond motifs is 1. The Bertz CT molecular complexity index is 627. The van der Waals surface area contributed by atoms with E-state index < -0.39 is 0 Å². The molecule has 2 heterocycles. The second kappa shape index (κ2) is 5.36. The lowest BCUT2D eigenvalue weighted by atomic mass is 10.1. The van der Waals surface area contributed by atoms with Gasteiger partial charge in [0.05, 0.1) is 17.9 Å². The number of hydrogen-bond donors (Lipinski definition) is 1. The van der Waals surface area contributed by atoms with Crippen molar-refractivity contribution in [1.29, 1.82) is 0 Å². The van der Waals surface area contributed by atoms with Crippen LogP contribution in [0, 0.1) is 0 Å². The molecule has 0 aliphatic carbocycles. The van der Waals surface area contributed by atoms with Crippen molar-refractivity contribution in [3.8, 4) is 11.5 Å². The van der Waals surface area contributed by atoms with Crippen molar-refractivity contribution in [2.75, 3.05) is 18.5 Å². The van der Waals surface area contributed by atoms with E-state index in [9.17, 15) is 0 Å². The molecule has 1 atom stereocenters. The number of halogens is 1. The summed E-state index contributed by atoms with van der Waals surface area (Å²) in [7, 11) is 1.91. The fourth-order valence-corrected chi connectivity index (χ4v) is 2.59. The van der Waals surface area contributed by atoms with E-state index in [4.69, 9.17) is 9.47 Å². The Morgan fingerprint density at radius 2 is 2.00 bits per heavy atom. The highest BCUT2D eigenvalue weighted by molar-refractivity contribution is 9.10. The zero-order valence-corrected chi connectivity index (χ0v) is 13.0. The Labute approximate surface area is 126 Å². The molecule has 1 N–H and O–H groups in total. The van der Waals surface area contributed by atoms with Gasteiger partial charge in [-0.3, -0.25) is 4.68 Å². The van der Waals surface area contributed by atoms with Crippen molar-refractivity contribution < 1.29 is 9.47 Å². The Balaban J connectivity index is 1.83. The van der Waals surface area contributed by atoms with Gasteiger partial charge < -0.3 is 14.8 Å². The molecule has 106 valence electrons. The first-order chi connectivity index (χ1) is 9.63. The van der Waals surface area contributed by atoms with E-state index in [0.717, 1.165) is 27.2 Å². The topological polar surface area (TPSA) is 48.3 Å². The number of aromatic nitrogens is 2. The number of anilines is 1. The maximum atomic E-state index is 5.61. The summed E-state index contributed by atoms with van der Waals surface area (Å²) in [5.41, 5.74) is 2.11. The summed E-state index contributed by atoms with van der Waals surface area (Å²) in [5.74, 6) is 1.56. The van der Waals surface area contributed by atoms with E-state index in [2.05, 4.69) is 33.3 Å². The molecule has 6 heteroatoms. The summed E-state index contributed by atoms with van der Waals surface area (Å²) < 4.78 is 13.9. The fraction of sp³-hybridized carbons (Fsp3) is 0.357. The molecule has 0 spiro atoms. The number of aryl methyl sites for hydroxylation is 1. The van der Waals surface area contributed by atoms with Crippen molar-refractivity contribution in [2.45, 2.75) is 13.0 Å². The van der Waals surface area contributed by atoms with Gasteiger partial charge in [0.25, 0.3) is 0 Å². The average molecular weight is 338 g/mol. The molecule has 1 aliphatic rings. The van der Waals surface area contributed by atoms with Crippen LogP contribution in [0.15, 0.2) is 29.0 Å². The van der Waals surface area contributed by atoms with E-state index in [0.29, 0.717) is 13.2 Å². The Morgan fingerprint density at radius 1 is 1.30 bits per heavy atom. The molecule has 0 saturated carbocycles. The lowest BCUT2D eigenvalue weighted by Crippen LogP contribution is -2.16. The van der Waals surface area contributed by atoms with Crippen LogP contribution in [0.5, 0.6) is 11.5 Å². The second-order valence-corrected chi connectivity index (χ2v) is 5.64. The minimum absolute atomic E-state index is 0.155. The lowest BCUT2D eigenvalue weighted by molar-refractivity contribution is 0.171. The van der Waals surface area contributed by atoms with E-state index >= 15 is 0 Å². The first kappa shape index (κ1) is 13.3. The SMILES string of the molecule is CC(Nc1cc2c(cc1Br)OCCO2)c1cnn(C)c1. The summed E-state index contributed by atoms with van der Waals surface area (Å²) >= 11 is 3.56. The van der Waals surface area contributed by atoms with Gasteiger partial charge in [0.15, 0.2) is 11.5 Å². The molecule has 1 unspecified atom stereocenters. The van der Waals surface area contributed by atoms with Crippen LogP contribution in [-0.4, -0.2) is 23.0 Å². The fourth-order valence-electron chi connectivity index (χ4n) is 2.15. The van der Waals surface area contributed by atoms with Crippen LogP contribution in [0.1, 0.15) is 18.5 Å². The van der Waals surface area contributed by atoms with Gasteiger partial charge in [-0.1, -0.05) is 0 Å². The monoisotopic (exact) mass is 337 g/mol. The van der Waals surface area contributed by atoms with Crippen molar-refractivity contribution in [3.63, 3.8) is 0 Å². The summed E-state index contributed by atoms with van der Waals surface area (Å²) in [6.45, 7) is 3.28. The summed E-state index contributed by atoms with van der Waals surface area (Å²) in [6, 6.07) is 4.06. The van der Waals surface area contributed by atoms with Crippen LogP contribution < -0.4 is 14.8 Å². The molecule has 0 fully saturated rings. The van der Waals surface area contributed by atoms with Gasteiger partial charge in [-0.2, -0.15) is 5.10 Å². The second-order valence-electron chi connectivity index (χ2n) is 4.79. The van der Waals surface area contributed by atoms with Crippen molar-refractivity contribution in [2.24, 2.45) is 7.05 Å². The molecule has 0 bridgehead atoms. The van der Waals surface area contributed by atoms with E-state index in [1.165, 1.54) is 0 Å². The largest absolute Gasteiger partial charge is 0.486 e. The predicted octanol–water partition coefficient (Wildman–Crippen LogP) is 3.13. The van der Waals surface area contributed by atoms with Crippen molar-refractivity contribution >= 4 is 21.6 Å². The van der Waals surface area contributed by atoms with Gasteiger partial charge in [-0.25, -0.2) is 0 Å². The van der Waals surface area contributed by atoms with E-state index in [1.54, 1.807) is 4.68 Å². The summed E-state index contributed by atoms with van der Waals surface area (Å²) in [6.07, 6.45) is 3.87. The average Bonchev–Trinajstić information content (AvgIpc) is 2.86. The molecule has 1 aromatic heterocycles. The molecule has 0 saturated heterocycles. The summed E-state index contributed by atoms with van der Waals surface area (Å²) in [4.78, 5) is 0. The highest BCUT2D eigenvalue weighted by atomic mass is 79.9. The molecule has 3 rings (SSSR count). The summed E-state index contributed by atoms with van der Waals surface area (Å²) in [5, 5.41) is 7.65. The van der Waals surface area contributed by atoms with Crippen molar-refractivity contribution in [3.05, 3.63) is 34.6 Å². The molecular formula is C14H16BrN3O2.